The summed E-state index contributed by atoms with van der Waals surface area (Å²) in [6.45, 7) is 0.589. The van der Waals surface area contributed by atoms with E-state index in [-0.39, 0.29) is 30.9 Å². The van der Waals surface area contributed by atoms with Crippen molar-refractivity contribution in [1.29, 1.82) is 0 Å². The average Bonchev–Trinajstić information content (AvgIpc) is 3.08. The van der Waals surface area contributed by atoms with Gasteiger partial charge in [-0.3, -0.25) is 14.5 Å². The van der Waals surface area contributed by atoms with Crippen LogP contribution in [-0.2, 0) is 11.4 Å². The average molecular weight is 535 g/mol. The van der Waals surface area contributed by atoms with Gasteiger partial charge in [-0.1, -0.05) is 59.1 Å². The van der Waals surface area contributed by atoms with E-state index >= 15 is 0 Å². The lowest BCUT2D eigenvalue weighted by Gasteiger charge is -2.13. The van der Waals surface area contributed by atoms with Gasteiger partial charge in [0.2, 0.25) is 0 Å². The molecule has 1 aliphatic heterocycles. The first-order valence-electron chi connectivity index (χ1n) is 10.2. The fourth-order valence-corrected chi connectivity index (χ4v) is 4.55. The molecule has 1 aliphatic rings. The van der Waals surface area contributed by atoms with Gasteiger partial charge in [-0.15, -0.1) is 0 Å². The van der Waals surface area contributed by atoms with Crippen LogP contribution in [0.3, 0.4) is 0 Å². The summed E-state index contributed by atoms with van der Waals surface area (Å²) >= 11 is 19.3. The van der Waals surface area contributed by atoms with Gasteiger partial charge in [0, 0.05) is 15.6 Å². The van der Waals surface area contributed by atoms with Gasteiger partial charge in [-0.25, -0.2) is 0 Å². The quantitative estimate of drug-likeness (QED) is 0.283. The molecule has 0 N–H and O–H groups in total. The third kappa shape index (κ3) is 6.07. The number of carbonyl (C=O) groups is 2. The highest BCUT2D eigenvalue weighted by atomic mass is 35.5. The molecule has 3 aromatic rings. The predicted octanol–water partition coefficient (Wildman–Crippen LogP) is 7.34. The number of thioether (sulfide) groups is 1. The Labute approximate surface area is 216 Å². The molecule has 4 rings (SSSR count). The molecule has 34 heavy (non-hydrogen) atoms. The molecular formula is C25H18Cl3NO4S. The Morgan fingerprint density at radius 3 is 2.38 bits per heavy atom. The van der Waals surface area contributed by atoms with Gasteiger partial charge in [-0.05, 0) is 65.9 Å². The SMILES string of the molecule is O=C1S/C(=C\c2ccc(OCc3ccccc3Cl)c(Cl)c2)C(=O)N1CCOc1ccc(Cl)cc1. The van der Waals surface area contributed by atoms with Crippen LogP contribution in [0, 0.1) is 0 Å². The van der Waals surface area contributed by atoms with Gasteiger partial charge in [0.15, 0.2) is 0 Å². The van der Waals surface area contributed by atoms with E-state index in [9.17, 15) is 9.59 Å². The lowest BCUT2D eigenvalue weighted by molar-refractivity contribution is -0.123. The summed E-state index contributed by atoms with van der Waals surface area (Å²) in [5.74, 6) is 0.731. The maximum absolute atomic E-state index is 12.7. The fraction of sp³-hybridized carbons (Fsp3) is 0.120. The number of nitrogens with zero attached hydrogens (tertiary/aromatic N) is 1. The Hall–Kier alpha value is -2.64. The second-order valence-corrected chi connectivity index (χ2v) is 9.45. The molecular weight excluding hydrogens is 517 g/mol. The van der Waals surface area contributed by atoms with Crippen LogP contribution >= 0.6 is 46.6 Å². The summed E-state index contributed by atoms with van der Waals surface area (Å²) < 4.78 is 11.4. The maximum atomic E-state index is 12.7. The lowest BCUT2D eigenvalue weighted by atomic mass is 10.2. The van der Waals surface area contributed by atoms with Gasteiger partial charge in [0.05, 0.1) is 16.5 Å². The van der Waals surface area contributed by atoms with Crippen LogP contribution in [0.1, 0.15) is 11.1 Å². The molecule has 3 aromatic carbocycles. The highest BCUT2D eigenvalue weighted by Gasteiger charge is 2.34. The van der Waals surface area contributed by atoms with Crippen LogP contribution in [0.4, 0.5) is 4.79 Å². The molecule has 174 valence electrons. The molecule has 0 radical (unpaired) electrons. The molecule has 5 nitrogen and oxygen atoms in total. The van der Waals surface area contributed by atoms with E-state index in [1.807, 2.05) is 18.2 Å². The van der Waals surface area contributed by atoms with E-state index < -0.39 is 0 Å². The van der Waals surface area contributed by atoms with Crippen LogP contribution in [0.15, 0.2) is 71.6 Å². The molecule has 9 heteroatoms. The molecule has 0 aliphatic carbocycles. The molecule has 0 unspecified atom stereocenters. The zero-order valence-corrected chi connectivity index (χ0v) is 20.8. The summed E-state index contributed by atoms with van der Waals surface area (Å²) in [7, 11) is 0. The first-order chi connectivity index (χ1) is 16.4. The molecule has 0 aromatic heterocycles. The fourth-order valence-electron chi connectivity index (χ4n) is 3.12. The summed E-state index contributed by atoms with van der Waals surface area (Å²) in [5, 5.41) is 1.26. The van der Waals surface area contributed by atoms with Crippen LogP contribution in [0.25, 0.3) is 6.08 Å². The van der Waals surface area contributed by atoms with E-state index in [2.05, 4.69) is 0 Å². The monoisotopic (exact) mass is 533 g/mol. The van der Waals surface area contributed by atoms with E-state index in [0.717, 1.165) is 22.2 Å². The van der Waals surface area contributed by atoms with Gasteiger partial charge in [0.1, 0.15) is 24.7 Å². The minimum Gasteiger partial charge on any atom is -0.492 e. The van der Waals surface area contributed by atoms with Crippen molar-refractivity contribution in [3.8, 4) is 11.5 Å². The largest absolute Gasteiger partial charge is 0.492 e. The van der Waals surface area contributed by atoms with Crippen molar-refractivity contribution < 1.29 is 19.1 Å². The number of ether oxygens (including phenoxy) is 2. The molecule has 1 saturated heterocycles. The van der Waals surface area contributed by atoms with E-state index in [1.54, 1.807) is 54.6 Å². The standard InChI is InChI=1S/C25H18Cl3NO4S/c26-18-6-8-19(9-7-18)32-12-11-29-24(30)23(34-25(29)31)14-16-5-10-22(21(28)13-16)33-15-17-3-1-2-4-20(17)27/h1-10,13-14H,11-12,15H2/b23-14-. The Morgan fingerprint density at radius 1 is 0.882 bits per heavy atom. The summed E-state index contributed by atoms with van der Waals surface area (Å²) in [5.41, 5.74) is 1.52. The number of hydrogen-bond acceptors (Lipinski definition) is 5. The lowest BCUT2D eigenvalue weighted by Crippen LogP contribution is -2.32. The second-order valence-electron chi connectivity index (χ2n) is 7.21. The van der Waals surface area contributed by atoms with Gasteiger partial charge in [0.25, 0.3) is 11.1 Å². The van der Waals surface area contributed by atoms with Crippen molar-refractivity contribution in [2.45, 2.75) is 6.61 Å². The summed E-state index contributed by atoms with van der Waals surface area (Å²) in [6, 6.07) is 19.4. The zero-order chi connectivity index (χ0) is 24.1. The number of benzene rings is 3. The van der Waals surface area contributed by atoms with Gasteiger partial charge >= 0.3 is 0 Å². The Kier molecular flexibility index (Phi) is 8.06. The normalized spacial score (nSPS) is 14.7. The van der Waals surface area contributed by atoms with Crippen molar-refractivity contribution in [1.82, 2.24) is 4.90 Å². The second kappa shape index (κ2) is 11.2. The highest BCUT2D eigenvalue weighted by molar-refractivity contribution is 8.18. The number of rotatable bonds is 8. The molecule has 2 amide bonds. The van der Waals surface area contributed by atoms with Crippen LogP contribution in [-0.4, -0.2) is 29.2 Å². The van der Waals surface area contributed by atoms with Gasteiger partial charge in [-0.2, -0.15) is 0 Å². The first kappa shape index (κ1) is 24.5. The van der Waals surface area contributed by atoms with Crippen molar-refractivity contribution in [2.75, 3.05) is 13.2 Å². The van der Waals surface area contributed by atoms with E-state index in [0.29, 0.717) is 37.0 Å². The minimum atomic E-state index is -0.370. The number of hydrogen-bond donors (Lipinski definition) is 0. The molecule has 0 bridgehead atoms. The Morgan fingerprint density at radius 2 is 1.65 bits per heavy atom. The number of halogens is 3. The Bertz CT molecular complexity index is 1250. The predicted molar refractivity (Wildman–Crippen MR) is 137 cm³/mol. The van der Waals surface area contributed by atoms with E-state index in [1.165, 1.54) is 0 Å². The smallest absolute Gasteiger partial charge is 0.293 e. The van der Waals surface area contributed by atoms with E-state index in [4.69, 9.17) is 44.3 Å². The number of amides is 2. The van der Waals surface area contributed by atoms with Crippen molar-refractivity contribution in [3.63, 3.8) is 0 Å². The summed E-state index contributed by atoms with van der Waals surface area (Å²) in [4.78, 5) is 26.5. The molecule has 0 atom stereocenters. The molecule has 0 saturated carbocycles. The van der Waals surface area contributed by atoms with Crippen LogP contribution in [0.5, 0.6) is 11.5 Å². The number of carbonyl (C=O) groups excluding carboxylic acids is 2. The van der Waals surface area contributed by atoms with Crippen molar-refractivity contribution >= 4 is 63.8 Å². The molecule has 1 fully saturated rings. The Balaban J connectivity index is 1.36. The van der Waals surface area contributed by atoms with Crippen LogP contribution in [0.2, 0.25) is 15.1 Å². The maximum Gasteiger partial charge on any atom is 0.293 e. The third-order valence-corrected chi connectivity index (χ3v) is 6.69. The first-order valence-corrected chi connectivity index (χ1v) is 12.2. The topological polar surface area (TPSA) is 55.8 Å². The minimum absolute atomic E-state index is 0.139. The molecule has 1 heterocycles. The zero-order valence-electron chi connectivity index (χ0n) is 17.7. The summed E-state index contributed by atoms with van der Waals surface area (Å²) in [6.07, 6.45) is 1.63. The molecule has 0 spiro atoms. The highest BCUT2D eigenvalue weighted by Crippen LogP contribution is 2.34. The third-order valence-electron chi connectivity index (χ3n) is 4.87. The van der Waals surface area contributed by atoms with Crippen LogP contribution < -0.4 is 9.47 Å². The van der Waals surface area contributed by atoms with Crippen molar-refractivity contribution in [2.24, 2.45) is 0 Å². The van der Waals surface area contributed by atoms with Crippen molar-refractivity contribution in [3.05, 3.63) is 97.8 Å². The van der Waals surface area contributed by atoms with Gasteiger partial charge < -0.3 is 9.47 Å². The number of imide groups is 1.